The number of thioether (sulfide) groups is 1. The minimum atomic E-state index is -0.459. The second-order valence-electron chi connectivity index (χ2n) is 6.27. The molecular formula is C21H18Cl2N2O5S. The van der Waals surface area contributed by atoms with E-state index in [9.17, 15) is 14.4 Å². The van der Waals surface area contributed by atoms with Crippen LogP contribution in [0.3, 0.4) is 0 Å². The smallest absolute Gasteiger partial charge is 0.293 e. The molecule has 0 aromatic heterocycles. The number of nitrogens with zero attached hydrogens (tertiary/aromatic N) is 1. The van der Waals surface area contributed by atoms with E-state index in [1.165, 1.54) is 20.3 Å². The molecule has 0 aliphatic carbocycles. The van der Waals surface area contributed by atoms with Crippen molar-refractivity contribution in [3.8, 4) is 11.5 Å². The van der Waals surface area contributed by atoms with Crippen molar-refractivity contribution in [2.75, 3.05) is 27.3 Å². The van der Waals surface area contributed by atoms with Crippen molar-refractivity contribution in [1.29, 1.82) is 0 Å². The van der Waals surface area contributed by atoms with Crippen molar-refractivity contribution in [2.45, 2.75) is 0 Å². The van der Waals surface area contributed by atoms with Crippen LogP contribution in [-0.4, -0.2) is 49.3 Å². The summed E-state index contributed by atoms with van der Waals surface area (Å²) in [6.07, 6.45) is 1.53. The van der Waals surface area contributed by atoms with Gasteiger partial charge in [0.05, 0.1) is 34.7 Å². The number of methoxy groups -OCH3 is 2. The van der Waals surface area contributed by atoms with Crippen LogP contribution in [0.25, 0.3) is 6.08 Å². The lowest BCUT2D eigenvalue weighted by Crippen LogP contribution is -2.37. The number of amides is 3. The van der Waals surface area contributed by atoms with E-state index in [1.807, 2.05) is 0 Å². The fourth-order valence-corrected chi connectivity index (χ4v) is 4.13. The second kappa shape index (κ2) is 10.1. The van der Waals surface area contributed by atoms with Crippen LogP contribution in [0.2, 0.25) is 10.0 Å². The van der Waals surface area contributed by atoms with Gasteiger partial charge in [0.1, 0.15) is 0 Å². The van der Waals surface area contributed by atoms with Gasteiger partial charge in [0.25, 0.3) is 17.1 Å². The Morgan fingerprint density at radius 2 is 1.87 bits per heavy atom. The van der Waals surface area contributed by atoms with Crippen LogP contribution in [0.1, 0.15) is 15.9 Å². The SMILES string of the molecule is COc1cccc(C(=O)NCCN2C(=O)S/C(=C\c3cccc(Cl)c3Cl)C2=O)c1OC. The normalized spacial score (nSPS) is 14.8. The fraction of sp³-hybridized carbons (Fsp3) is 0.190. The summed E-state index contributed by atoms with van der Waals surface area (Å²) in [5.74, 6) is -0.149. The van der Waals surface area contributed by atoms with Gasteiger partial charge < -0.3 is 14.8 Å². The average Bonchev–Trinajstić information content (AvgIpc) is 3.03. The average molecular weight is 481 g/mol. The van der Waals surface area contributed by atoms with E-state index >= 15 is 0 Å². The zero-order valence-electron chi connectivity index (χ0n) is 16.6. The molecule has 0 atom stereocenters. The van der Waals surface area contributed by atoms with Gasteiger partial charge in [-0.2, -0.15) is 0 Å². The largest absolute Gasteiger partial charge is 0.493 e. The van der Waals surface area contributed by atoms with Crippen LogP contribution < -0.4 is 14.8 Å². The molecule has 2 aromatic carbocycles. The van der Waals surface area contributed by atoms with Crippen molar-refractivity contribution in [3.63, 3.8) is 0 Å². The summed E-state index contributed by atoms with van der Waals surface area (Å²) in [4.78, 5) is 38.7. The van der Waals surface area contributed by atoms with Gasteiger partial charge in [-0.25, -0.2) is 0 Å². The Bertz CT molecular complexity index is 1070. The van der Waals surface area contributed by atoms with Crippen LogP contribution in [-0.2, 0) is 4.79 Å². The highest BCUT2D eigenvalue weighted by Crippen LogP contribution is 2.35. The van der Waals surface area contributed by atoms with Crippen LogP contribution in [0.4, 0.5) is 4.79 Å². The molecule has 3 amide bonds. The summed E-state index contributed by atoms with van der Waals surface area (Å²) in [7, 11) is 2.91. The van der Waals surface area contributed by atoms with Crippen molar-refractivity contribution >= 4 is 58.1 Å². The maximum Gasteiger partial charge on any atom is 0.293 e. The van der Waals surface area contributed by atoms with Crippen LogP contribution in [0, 0.1) is 0 Å². The molecule has 1 fully saturated rings. The zero-order valence-corrected chi connectivity index (χ0v) is 18.9. The first-order valence-corrected chi connectivity index (χ1v) is 10.6. The summed E-state index contributed by atoms with van der Waals surface area (Å²) in [6, 6.07) is 9.96. The quantitative estimate of drug-likeness (QED) is 0.588. The zero-order chi connectivity index (χ0) is 22.5. The van der Waals surface area contributed by atoms with E-state index in [0.29, 0.717) is 27.1 Å². The third-order valence-corrected chi connectivity index (χ3v) is 6.15. The molecule has 10 heteroatoms. The third-order valence-electron chi connectivity index (χ3n) is 4.41. The number of hydrogen-bond donors (Lipinski definition) is 1. The van der Waals surface area contributed by atoms with Crippen molar-refractivity contribution in [2.24, 2.45) is 0 Å². The molecule has 1 saturated heterocycles. The summed E-state index contributed by atoms with van der Waals surface area (Å²) < 4.78 is 10.4. The van der Waals surface area contributed by atoms with E-state index in [0.717, 1.165) is 16.7 Å². The Hall–Kier alpha value is -2.68. The summed E-state index contributed by atoms with van der Waals surface area (Å²) in [5.41, 5.74) is 0.824. The van der Waals surface area contributed by atoms with E-state index in [2.05, 4.69) is 5.32 Å². The van der Waals surface area contributed by atoms with Crippen LogP contribution in [0.5, 0.6) is 11.5 Å². The Morgan fingerprint density at radius 3 is 2.58 bits per heavy atom. The first-order valence-electron chi connectivity index (χ1n) is 9.06. The standard InChI is InChI=1S/C21H18Cl2N2O5S/c1-29-15-8-4-6-13(18(15)30-2)19(26)24-9-10-25-20(27)16(31-21(25)28)11-12-5-3-7-14(22)17(12)23/h3-8,11H,9-10H2,1-2H3,(H,24,26)/b16-11-. The van der Waals surface area contributed by atoms with Gasteiger partial charge in [0.15, 0.2) is 11.5 Å². The Kier molecular flexibility index (Phi) is 7.48. The highest BCUT2D eigenvalue weighted by molar-refractivity contribution is 8.18. The molecule has 7 nitrogen and oxygen atoms in total. The molecule has 0 spiro atoms. The van der Waals surface area contributed by atoms with Gasteiger partial charge in [-0.3, -0.25) is 19.3 Å². The van der Waals surface area contributed by atoms with Crippen molar-refractivity contribution in [3.05, 3.63) is 62.5 Å². The maximum absolute atomic E-state index is 12.6. The molecule has 1 aliphatic rings. The highest BCUT2D eigenvalue weighted by Gasteiger charge is 2.35. The first kappa shape index (κ1) is 23.0. The van der Waals surface area contributed by atoms with Crippen molar-refractivity contribution < 1.29 is 23.9 Å². The van der Waals surface area contributed by atoms with Gasteiger partial charge in [0, 0.05) is 13.1 Å². The van der Waals surface area contributed by atoms with Gasteiger partial charge in [-0.15, -0.1) is 0 Å². The number of rotatable bonds is 7. The maximum atomic E-state index is 12.6. The lowest BCUT2D eigenvalue weighted by atomic mass is 10.1. The molecule has 0 radical (unpaired) electrons. The molecule has 0 bridgehead atoms. The summed E-state index contributed by atoms with van der Waals surface area (Å²) >= 11 is 13.0. The predicted octanol–water partition coefficient (Wildman–Crippen LogP) is 4.48. The topological polar surface area (TPSA) is 84.9 Å². The number of imide groups is 1. The van der Waals surface area contributed by atoms with Gasteiger partial charge in [-0.05, 0) is 41.6 Å². The molecule has 0 saturated carbocycles. The Balaban J connectivity index is 1.66. The number of benzene rings is 2. The Labute approximate surface area is 193 Å². The molecule has 1 heterocycles. The fourth-order valence-electron chi connectivity index (χ4n) is 2.91. The van der Waals surface area contributed by atoms with Crippen molar-refractivity contribution in [1.82, 2.24) is 10.2 Å². The van der Waals surface area contributed by atoms with Gasteiger partial charge >= 0.3 is 0 Å². The van der Waals surface area contributed by atoms with Crippen LogP contribution in [0.15, 0.2) is 41.3 Å². The molecule has 1 N–H and O–H groups in total. The Morgan fingerprint density at radius 1 is 1.13 bits per heavy atom. The summed E-state index contributed by atoms with van der Waals surface area (Å²) in [6.45, 7) is 0.0890. The lowest BCUT2D eigenvalue weighted by molar-refractivity contribution is -0.122. The summed E-state index contributed by atoms with van der Waals surface area (Å²) in [5, 5.41) is 2.91. The van der Waals surface area contributed by atoms with Gasteiger partial charge in [0.2, 0.25) is 0 Å². The van der Waals surface area contributed by atoms with Crippen LogP contribution >= 0.6 is 35.0 Å². The number of ether oxygens (including phenoxy) is 2. The van der Waals surface area contributed by atoms with E-state index in [-0.39, 0.29) is 23.6 Å². The first-order chi connectivity index (χ1) is 14.9. The van der Waals surface area contributed by atoms with Gasteiger partial charge in [-0.1, -0.05) is 41.4 Å². The lowest BCUT2D eigenvalue weighted by Gasteiger charge is -2.15. The van der Waals surface area contributed by atoms with E-state index in [4.69, 9.17) is 32.7 Å². The number of halogens is 2. The molecular weight excluding hydrogens is 463 g/mol. The number of para-hydroxylation sites is 1. The molecule has 2 aromatic rings. The number of nitrogens with one attached hydrogen (secondary N) is 1. The minimum absolute atomic E-state index is 0.0172. The number of carbonyl (C=O) groups excluding carboxylic acids is 3. The minimum Gasteiger partial charge on any atom is -0.493 e. The number of carbonyl (C=O) groups is 3. The molecule has 0 unspecified atom stereocenters. The predicted molar refractivity (Wildman–Crippen MR) is 121 cm³/mol. The molecule has 1 aliphatic heterocycles. The molecule has 3 rings (SSSR count). The second-order valence-corrected chi connectivity index (χ2v) is 8.05. The third kappa shape index (κ3) is 4.98. The molecule has 162 valence electrons. The molecule has 31 heavy (non-hydrogen) atoms. The number of hydrogen-bond acceptors (Lipinski definition) is 6. The monoisotopic (exact) mass is 480 g/mol. The van der Waals surface area contributed by atoms with E-state index < -0.39 is 17.1 Å². The highest BCUT2D eigenvalue weighted by atomic mass is 35.5. The van der Waals surface area contributed by atoms with E-state index in [1.54, 1.807) is 36.4 Å².